The first-order chi connectivity index (χ1) is 12.2. The molecule has 2 amide bonds. The number of carbonyl (C=O) groups is 2. The number of rotatable bonds is 4. The number of hydrogen-bond donors (Lipinski definition) is 1. The molecule has 0 saturated carbocycles. The van der Waals surface area contributed by atoms with Crippen LogP contribution in [0.2, 0.25) is 0 Å². The lowest BCUT2D eigenvalue weighted by Gasteiger charge is -2.27. The van der Waals surface area contributed by atoms with Crippen LogP contribution in [0.1, 0.15) is 30.2 Å². The Kier molecular flexibility index (Phi) is 4.53. The van der Waals surface area contributed by atoms with Crippen LogP contribution in [0.4, 0.5) is 0 Å². The first-order valence-corrected chi connectivity index (χ1v) is 9.51. The number of likely N-dealkylation sites (tertiary alicyclic amines) is 1. The first kappa shape index (κ1) is 16.3. The van der Waals surface area contributed by atoms with Crippen molar-refractivity contribution >= 4 is 23.6 Å². The van der Waals surface area contributed by atoms with Gasteiger partial charge in [0, 0.05) is 23.6 Å². The zero-order chi connectivity index (χ0) is 17.2. The predicted molar refractivity (Wildman–Crippen MR) is 94.9 cm³/mol. The van der Waals surface area contributed by atoms with Crippen LogP contribution in [-0.4, -0.2) is 29.0 Å². The molecule has 5 nitrogen and oxygen atoms in total. The van der Waals surface area contributed by atoms with Crippen LogP contribution < -0.4 is 5.32 Å². The summed E-state index contributed by atoms with van der Waals surface area (Å²) in [4.78, 5) is 27.8. The maximum absolute atomic E-state index is 12.7. The van der Waals surface area contributed by atoms with Gasteiger partial charge in [0.2, 0.25) is 11.8 Å². The van der Waals surface area contributed by atoms with Crippen LogP contribution in [0.25, 0.3) is 0 Å². The Bertz CT molecular complexity index is 775. The van der Waals surface area contributed by atoms with Gasteiger partial charge in [-0.1, -0.05) is 18.2 Å². The summed E-state index contributed by atoms with van der Waals surface area (Å²) in [6.45, 7) is 0.882. The summed E-state index contributed by atoms with van der Waals surface area (Å²) in [5.74, 6) is 1.44. The van der Waals surface area contributed by atoms with Crippen LogP contribution in [0.15, 0.2) is 52.0 Å². The van der Waals surface area contributed by atoms with E-state index in [9.17, 15) is 9.59 Å². The minimum absolute atomic E-state index is 0.0103. The Hall–Kier alpha value is -2.21. The van der Waals surface area contributed by atoms with Gasteiger partial charge in [0.1, 0.15) is 5.76 Å². The molecule has 4 rings (SSSR count). The Morgan fingerprint density at radius 2 is 2.16 bits per heavy atom. The number of furan rings is 1. The molecule has 2 atom stereocenters. The van der Waals surface area contributed by atoms with Gasteiger partial charge < -0.3 is 14.6 Å². The summed E-state index contributed by atoms with van der Waals surface area (Å²) in [6, 6.07) is 11.9. The van der Waals surface area contributed by atoms with Crippen molar-refractivity contribution in [2.24, 2.45) is 5.92 Å². The highest BCUT2D eigenvalue weighted by Crippen LogP contribution is 2.36. The maximum Gasteiger partial charge on any atom is 0.225 e. The van der Waals surface area contributed by atoms with Crippen LogP contribution in [0, 0.1) is 5.92 Å². The zero-order valence-electron chi connectivity index (χ0n) is 13.8. The minimum atomic E-state index is -0.288. The molecule has 0 bridgehead atoms. The fourth-order valence-electron chi connectivity index (χ4n) is 3.47. The minimum Gasteiger partial charge on any atom is -0.467 e. The Morgan fingerprint density at radius 1 is 1.28 bits per heavy atom. The molecule has 0 radical (unpaired) electrons. The molecule has 0 unspecified atom stereocenters. The molecule has 3 heterocycles. The van der Waals surface area contributed by atoms with Gasteiger partial charge in [0.15, 0.2) is 0 Å². The molecule has 2 aromatic rings. The fourth-order valence-corrected chi connectivity index (χ4v) is 4.60. The van der Waals surface area contributed by atoms with Gasteiger partial charge in [-0.15, -0.1) is 11.8 Å². The van der Waals surface area contributed by atoms with Crippen LogP contribution >= 0.6 is 11.8 Å². The van der Waals surface area contributed by atoms with E-state index in [1.54, 1.807) is 17.2 Å². The van der Waals surface area contributed by atoms with E-state index in [2.05, 4.69) is 17.4 Å². The van der Waals surface area contributed by atoms with Crippen molar-refractivity contribution in [3.63, 3.8) is 0 Å². The molecule has 1 aromatic carbocycles. The molecular formula is C19H20N2O3S. The summed E-state index contributed by atoms with van der Waals surface area (Å²) in [6.07, 6.45) is 2.79. The van der Waals surface area contributed by atoms with E-state index in [1.165, 1.54) is 10.5 Å². The normalized spacial score (nSPS) is 22.7. The number of nitrogens with zero attached hydrogens (tertiary/aromatic N) is 1. The summed E-state index contributed by atoms with van der Waals surface area (Å²) < 4.78 is 5.30. The summed E-state index contributed by atoms with van der Waals surface area (Å²) >= 11 is 1.83. The first-order valence-electron chi connectivity index (χ1n) is 8.53. The monoisotopic (exact) mass is 356 g/mol. The van der Waals surface area contributed by atoms with Gasteiger partial charge in [0.05, 0.1) is 24.8 Å². The lowest BCUT2D eigenvalue weighted by Crippen LogP contribution is -2.36. The van der Waals surface area contributed by atoms with Crippen molar-refractivity contribution in [3.05, 3.63) is 54.0 Å². The average Bonchev–Trinajstić information content (AvgIpc) is 3.26. The fraction of sp³-hybridized carbons (Fsp3) is 0.368. The zero-order valence-corrected chi connectivity index (χ0v) is 14.6. The van der Waals surface area contributed by atoms with Crippen molar-refractivity contribution in [2.75, 3.05) is 12.3 Å². The molecular weight excluding hydrogens is 336 g/mol. The average molecular weight is 356 g/mol. The smallest absolute Gasteiger partial charge is 0.225 e. The number of thioether (sulfide) groups is 1. The van der Waals surface area contributed by atoms with E-state index in [4.69, 9.17) is 4.42 Å². The highest BCUT2D eigenvalue weighted by molar-refractivity contribution is 7.99. The highest BCUT2D eigenvalue weighted by atomic mass is 32.2. The third-order valence-corrected chi connectivity index (χ3v) is 5.91. The number of amides is 2. The summed E-state index contributed by atoms with van der Waals surface area (Å²) in [7, 11) is 0. The molecule has 1 saturated heterocycles. The molecule has 2 aliphatic heterocycles. The number of hydrogen-bond acceptors (Lipinski definition) is 4. The van der Waals surface area contributed by atoms with E-state index in [0.717, 1.165) is 17.9 Å². The van der Waals surface area contributed by atoms with Gasteiger partial charge in [-0.05, 0) is 30.2 Å². The number of benzene rings is 1. The van der Waals surface area contributed by atoms with E-state index in [0.29, 0.717) is 13.1 Å². The quantitative estimate of drug-likeness (QED) is 0.915. The molecule has 1 fully saturated rings. The summed E-state index contributed by atoms with van der Waals surface area (Å²) in [5, 5.41) is 3.16. The SMILES string of the molecule is O=C(N[C@H]1CCSc2ccccc21)[C@@H]1CC(=O)N(Cc2ccco2)C1. The standard InChI is InChI=1S/C19H20N2O3S/c22-18-10-13(11-21(18)12-14-4-3-8-24-14)19(23)20-16-7-9-25-17-6-2-1-5-15(16)17/h1-6,8,13,16H,7,9-12H2,(H,20,23)/t13-,16+/m1/s1. The predicted octanol–water partition coefficient (Wildman–Crippen LogP) is 2.98. The van der Waals surface area contributed by atoms with Gasteiger partial charge in [-0.2, -0.15) is 0 Å². The molecule has 130 valence electrons. The number of fused-ring (bicyclic) bond motifs is 1. The lowest BCUT2D eigenvalue weighted by atomic mass is 10.0. The second-order valence-electron chi connectivity index (χ2n) is 6.49. The third kappa shape index (κ3) is 3.44. The molecule has 1 N–H and O–H groups in total. The van der Waals surface area contributed by atoms with E-state index in [1.807, 2.05) is 30.0 Å². The topological polar surface area (TPSA) is 62.6 Å². The van der Waals surface area contributed by atoms with Crippen molar-refractivity contribution < 1.29 is 14.0 Å². The van der Waals surface area contributed by atoms with E-state index < -0.39 is 0 Å². The van der Waals surface area contributed by atoms with Crippen molar-refractivity contribution in [3.8, 4) is 0 Å². The molecule has 6 heteroatoms. The molecule has 25 heavy (non-hydrogen) atoms. The second-order valence-corrected chi connectivity index (χ2v) is 7.63. The van der Waals surface area contributed by atoms with Crippen molar-refractivity contribution in [1.29, 1.82) is 0 Å². The van der Waals surface area contributed by atoms with Gasteiger partial charge in [-0.25, -0.2) is 0 Å². The highest BCUT2D eigenvalue weighted by Gasteiger charge is 2.36. The molecule has 0 spiro atoms. The Morgan fingerprint density at radius 3 is 3.00 bits per heavy atom. The second kappa shape index (κ2) is 6.96. The third-order valence-electron chi connectivity index (χ3n) is 4.79. The molecule has 1 aromatic heterocycles. The number of nitrogens with one attached hydrogen (secondary N) is 1. The van der Waals surface area contributed by atoms with Crippen LogP contribution in [-0.2, 0) is 16.1 Å². The van der Waals surface area contributed by atoms with Crippen LogP contribution in [0.3, 0.4) is 0 Å². The van der Waals surface area contributed by atoms with E-state index >= 15 is 0 Å². The maximum atomic E-state index is 12.7. The van der Waals surface area contributed by atoms with Crippen molar-refractivity contribution in [2.45, 2.75) is 30.3 Å². The van der Waals surface area contributed by atoms with Crippen molar-refractivity contribution in [1.82, 2.24) is 10.2 Å². The van der Waals surface area contributed by atoms with Gasteiger partial charge >= 0.3 is 0 Å². The Labute approximate surface area is 150 Å². The van der Waals surface area contributed by atoms with Gasteiger partial charge in [-0.3, -0.25) is 9.59 Å². The molecule has 2 aliphatic rings. The Balaban J connectivity index is 1.40. The molecule has 0 aliphatic carbocycles. The number of carbonyl (C=O) groups excluding carboxylic acids is 2. The van der Waals surface area contributed by atoms with Gasteiger partial charge in [0.25, 0.3) is 0 Å². The van der Waals surface area contributed by atoms with Crippen LogP contribution in [0.5, 0.6) is 0 Å². The van der Waals surface area contributed by atoms with E-state index in [-0.39, 0.29) is 30.2 Å². The largest absolute Gasteiger partial charge is 0.467 e. The lowest BCUT2D eigenvalue weighted by molar-refractivity contribution is -0.129. The summed E-state index contributed by atoms with van der Waals surface area (Å²) in [5.41, 5.74) is 1.18.